The smallest absolute Gasteiger partial charge is 0.255 e. The molecule has 1 fully saturated rings. The number of nitrogen functional groups attached to an aromatic ring is 1. The second-order valence-electron chi connectivity index (χ2n) is 6.66. The molecule has 26 heavy (non-hydrogen) atoms. The molecule has 1 aromatic rings. The number of nitrogens with two attached hydrogens (primary N) is 1. The Kier molecular flexibility index (Phi) is 8.00. The Morgan fingerprint density at radius 1 is 1.35 bits per heavy atom. The highest BCUT2D eigenvalue weighted by Gasteiger charge is 2.27. The van der Waals surface area contributed by atoms with Gasteiger partial charge in [0.25, 0.3) is 5.91 Å². The molecule has 1 aromatic carbocycles. The van der Waals surface area contributed by atoms with Crippen molar-refractivity contribution in [2.45, 2.75) is 51.7 Å². The number of amides is 1. The van der Waals surface area contributed by atoms with Crippen molar-refractivity contribution in [3.63, 3.8) is 0 Å². The molecule has 2 rings (SSSR count). The molecular formula is C19H30ClN3O3. The van der Waals surface area contributed by atoms with Crippen molar-refractivity contribution < 1.29 is 14.6 Å². The lowest BCUT2D eigenvalue weighted by atomic mass is 9.94. The topological polar surface area (TPSA) is 87.8 Å². The fraction of sp³-hybridized carbons (Fsp3) is 0.632. The summed E-state index contributed by atoms with van der Waals surface area (Å²) in [5, 5.41) is 13.4. The van der Waals surface area contributed by atoms with Gasteiger partial charge in [-0.2, -0.15) is 0 Å². The van der Waals surface area contributed by atoms with Crippen molar-refractivity contribution in [2.24, 2.45) is 0 Å². The van der Waals surface area contributed by atoms with Crippen LogP contribution >= 0.6 is 11.6 Å². The number of nitrogens with zero attached hydrogens (tertiary/aromatic N) is 1. The second-order valence-corrected chi connectivity index (χ2v) is 7.07. The second kappa shape index (κ2) is 10.00. The quantitative estimate of drug-likeness (QED) is 0.601. The largest absolute Gasteiger partial charge is 0.487 e. The first-order valence-corrected chi connectivity index (χ1v) is 9.78. The third-order valence-corrected chi connectivity index (χ3v) is 5.22. The average Bonchev–Trinajstić information content (AvgIpc) is 2.63. The average molecular weight is 384 g/mol. The standard InChI is InChI=1S/C19H30ClN3O3/c1-3-23(4-2)10-9-22-19(25)13-11-14(20)15(21)12-18(13)26-17-8-6-5-7-16(17)24/h11-12,16-17,24H,3-10,21H2,1-2H3,(H,22,25)/t16-,17?/m0/s1. The van der Waals surface area contributed by atoms with E-state index in [0.717, 1.165) is 38.9 Å². The first kappa shape index (κ1) is 20.8. The predicted octanol–water partition coefficient (Wildman–Crippen LogP) is 2.68. The van der Waals surface area contributed by atoms with Gasteiger partial charge in [-0.1, -0.05) is 31.9 Å². The molecule has 4 N–H and O–H groups in total. The van der Waals surface area contributed by atoms with Crippen LogP contribution in [0.4, 0.5) is 5.69 Å². The van der Waals surface area contributed by atoms with Crippen molar-refractivity contribution >= 4 is 23.2 Å². The van der Waals surface area contributed by atoms with E-state index in [9.17, 15) is 9.90 Å². The number of carbonyl (C=O) groups is 1. The molecule has 0 bridgehead atoms. The van der Waals surface area contributed by atoms with E-state index >= 15 is 0 Å². The summed E-state index contributed by atoms with van der Waals surface area (Å²) in [4.78, 5) is 14.9. The molecule has 1 saturated carbocycles. The van der Waals surface area contributed by atoms with E-state index in [1.807, 2.05) is 0 Å². The minimum atomic E-state index is -0.528. The van der Waals surface area contributed by atoms with Gasteiger partial charge in [0.2, 0.25) is 0 Å². The van der Waals surface area contributed by atoms with Crippen LogP contribution in [0.1, 0.15) is 49.9 Å². The molecule has 1 aliphatic rings. The maximum absolute atomic E-state index is 12.6. The summed E-state index contributed by atoms with van der Waals surface area (Å²) < 4.78 is 5.97. The van der Waals surface area contributed by atoms with Crippen LogP contribution in [0.5, 0.6) is 5.75 Å². The summed E-state index contributed by atoms with van der Waals surface area (Å²) in [5.41, 5.74) is 6.59. The first-order chi connectivity index (χ1) is 12.5. The Bertz CT molecular complexity index is 608. The number of likely N-dealkylation sites (N-methyl/N-ethyl adjacent to an activating group) is 1. The van der Waals surface area contributed by atoms with Gasteiger partial charge in [-0.3, -0.25) is 4.79 Å². The molecule has 2 atom stereocenters. The molecule has 0 saturated heterocycles. The third kappa shape index (κ3) is 5.50. The minimum Gasteiger partial charge on any atom is -0.487 e. The molecule has 1 aliphatic carbocycles. The molecule has 146 valence electrons. The molecule has 7 heteroatoms. The number of aliphatic hydroxyl groups excluding tert-OH is 1. The number of aliphatic hydroxyl groups is 1. The monoisotopic (exact) mass is 383 g/mol. The van der Waals surface area contributed by atoms with Crippen molar-refractivity contribution in [3.05, 3.63) is 22.7 Å². The lowest BCUT2D eigenvalue weighted by molar-refractivity contribution is 0.00645. The van der Waals surface area contributed by atoms with Gasteiger partial charge in [0.1, 0.15) is 11.9 Å². The summed E-state index contributed by atoms with van der Waals surface area (Å²) in [7, 11) is 0. The number of halogens is 1. The fourth-order valence-electron chi connectivity index (χ4n) is 3.18. The van der Waals surface area contributed by atoms with Crippen molar-refractivity contribution in [3.8, 4) is 5.75 Å². The molecule has 1 unspecified atom stereocenters. The summed E-state index contributed by atoms with van der Waals surface area (Å²) in [6.07, 6.45) is 2.59. The van der Waals surface area contributed by atoms with Gasteiger partial charge in [-0.25, -0.2) is 0 Å². The highest BCUT2D eigenvalue weighted by molar-refractivity contribution is 6.33. The zero-order valence-electron chi connectivity index (χ0n) is 15.6. The number of nitrogens with one attached hydrogen (secondary N) is 1. The Hall–Kier alpha value is -1.50. The van der Waals surface area contributed by atoms with Gasteiger partial charge >= 0.3 is 0 Å². The van der Waals surface area contributed by atoms with Crippen LogP contribution in [0.15, 0.2) is 12.1 Å². The molecule has 0 spiro atoms. The van der Waals surface area contributed by atoms with Crippen molar-refractivity contribution in [1.29, 1.82) is 0 Å². The van der Waals surface area contributed by atoms with Gasteiger partial charge < -0.3 is 25.8 Å². The van der Waals surface area contributed by atoms with Crippen LogP contribution in [-0.4, -0.2) is 54.3 Å². The molecule has 0 heterocycles. The Labute approximate surface area is 160 Å². The van der Waals surface area contributed by atoms with Gasteiger partial charge in [0, 0.05) is 19.2 Å². The molecule has 0 radical (unpaired) electrons. The molecule has 1 amide bonds. The van der Waals surface area contributed by atoms with Crippen LogP contribution in [0.25, 0.3) is 0 Å². The zero-order valence-corrected chi connectivity index (χ0v) is 16.4. The van der Waals surface area contributed by atoms with E-state index in [1.54, 1.807) is 6.07 Å². The van der Waals surface area contributed by atoms with E-state index in [2.05, 4.69) is 24.1 Å². The number of carbonyl (C=O) groups excluding carboxylic acids is 1. The fourth-order valence-corrected chi connectivity index (χ4v) is 3.35. The lowest BCUT2D eigenvalue weighted by Gasteiger charge is -2.29. The maximum atomic E-state index is 12.6. The maximum Gasteiger partial charge on any atom is 0.255 e. The minimum absolute atomic E-state index is 0.251. The van der Waals surface area contributed by atoms with E-state index < -0.39 is 6.10 Å². The SMILES string of the molecule is CCN(CC)CCNC(=O)c1cc(Cl)c(N)cc1OC1CCCC[C@@H]1O. The van der Waals surface area contributed by atoms with Crippen LogP contribution in [0.2, 0.25) is 5.02 Å². The molecule has 0 aliphatic heterocycles. The Morgan fingerprint density at radius 3 is 2.69 bits per heavy atom. The summed E-state index contributed by atoms with van der Waals surface area (Å²) in [5.74, 6) is 0.123. The number of anilines is 1. The lowest BCUT2D eigenvalue weighted by Crippen LogP contribution is -2.36. The summed E-state index contributed by atoms with van der Waals surface area (Å²) >= 11 is 6.11. The van der Waals surface area contributed by atoms with E-state index in [-0.39, 0.29) is 12.0 Å². The summed E-state index contributed by atoms with van der Waals surface area (Å²) in [6, 6.07) is 3.11. The van der Waals surface area contributed by atoms with Gasteiger partial charge in [0.05, 0.1) is 22.4 Å². The van der Waals surface area contributed by atoms with Crippen LogP contribution < -0.4 is 15.8 Å². The van der Waals surface area contributed by atoms with Gasteiger partial charge in [-0.05, 0) is 38.4 Å². The van der Waals surface area contributed by atoms with Crippen LogP contribution in [0, 0.1) is 0 Å². The number of rotatable bonds is 8. The van der Waals surface area contributed by atoms with Crippen molar-refractivity contribution in [1.82, 2.24) is 10.2 Å². The van der Waals surface area contributed by atoms with Crippen molar-refractivity contribution in [2.75, 3.05) is 31.9 Å². The van der Waals surface area contributed by atoms with Crippen LogP contribution in [-0.2, 0) is 0 Å². The Morgan fingerprint density at radius 2 is 2.04 bits per heavy atom. The number of ether oxygens (including phenoxy) is 1. The first-order valence-electron chi connectivity index (χ1n) is 9.40. The molecule has 0 aromatic heterocycles. The number of benzene rings is 1. The van der Waals surface area contributed by atoms with E-state index in [1.165, 1.54) is 6.07 Å². The highest BCUT2D eigenvalue weighted by Crippen LogP contribution is 2.32. The highest BCUT2D eigenvalue weighted by atomic mass is 35.5. The van der Waals surface area contributed by atoms with Crippen LogP contribution in [0.3, 0.4) is 0 Å². The zero-order chi connectivity index (χ0) is 19.1. The normalized spacial score (nSPS) is 20.2. The number of hydrogen-bond acceptors (Lipinski definition) is 5. The van der Waals surface area contributed by atoms with E-state index in [4.69, 9.17) is 22.1 Å². The van der Waals surface area contributed by atoms with Gasteiger partial charge in [0.15, 0.2) is 0 Å². The van der Waals surface area contributed by atoms with E-state index in [0.29, 0.717) is 35.0 Å². The molecule has 6 nitrogen and oxygen atoms in total. The number of hydrogen-bond donors (Lipinski definition) is 3. The third-order valence-electron chi connectivity index (χ3n) is 4.90. The summed E-state index contributed by atoms with van der Waals surface area (Å²) in [6.45, 7) is 7.37. The Balaban J connectivity index is 2.10. The predicted molar refractivity (Wildman–Crippen MR) is 105 cm³/mol. The molecular weight excluding hydrogens is 354 g/mol. The van der Waals surface area contributed by atoms with Gasteiger partial charge in [-0.15, -0.1) is 0 Å².